The van der Waals surface area contributed by atoms with Crippen LogP contribution < -0.4 is 5.32 Å². The van der Waals surface area contributed by atoms with Gasteiger partial charge in [-0.15, -0.1) is 5.10 Å². The molecule has 7 nitrogen and oxygen atoms in total. The molecule has 1 aliphatic heterocycles. The van der Waals surface area contributed by atoms with Gasteiger partial charge in [-0.2, -0.15) is 18.3 Å². The Bertz CT molecular complexity index is 971. The predicted molar refractivity (Wildman–Crippen MR) is 107 cm³/mol. The Kier molecular flexibility index (Phi) is 5.36. The number of benzene rings is 1. The summed E-state index contributed by atoms with van der Waals surface area (Å²) >= 11 is 0. The number of amides is 2. The highest BCUT2D eigenvalue weighted by Gasteiger charge is 2.61. The van der Waals surface area contributed by atoms with Gasteiger partial charge in [-0.3, -0.25) is 0 Å². The molecule has 2 bridgehead atoms. The Labute approximate surface area is 178 Å². The number of rotatable bonds is 4. The summed E-state index contributed by atoms with van der Waals surface area (Å²) in [5, 5.41) is 10.1. The molecule has 1 saturated carbocycles. The van der Waals surface area contributed by atoms with Crippen molar-refractivity contribution in [3.8, 4) is 11.4 Å². The van der Waals surface area contributed by atoms with Crippen molar-refractivity contribution in [3.05, 3.63) is 36.2 Å². The second kappa shape index (κ2) is 7.74. The van der Waals surface area contributed by atoms with Crippen LogP contribution in [0.2, 0.25) is 0 Å². The van der Waals surface area contributed by atoms with E-state index >= 15 is 0 Å². The molecule has 4 atom stereocenters. The molecular weight excluding hydrogens is 411 g/mol. The van der Waals surface area contributed by atoms with Crippen molar-refractivity contribution >= 4 is 11.7 Å². The van der Waals surface area contributed by atoms with Crippen molar-refractivity contribution < 1.29 is 22.7 Å². The molecule has 4 rings (SSSR count). The third-order valence-corrected chi connectivity index (χ3v) is 6.44. The van der Waals surface area contributed by atoms with E-state index in [4.69, 9.17) is 4.74 Å². The van der Waals surface area contributed by atoms with E-state index in [1.165, 1.54) is 24.5 Å². The molecule has 2 heterocycles. The van der Waals surface area contributed by atoms with Gasteiger partial charge in [0, 0.05) is 30.6 Å². The summed E-state index contributed by atoms with van der Waals surface area (Å²) < 4.78 is 46.1. The Morgan fingerprint density at radius 2 is 2.10 bits per heavy atom. The molecule has 0 radical (unpaired) electrons. The second-order valence-electron chi connectivity index (χ2n) is 8.41. The normalized spacial score (nSPS) is 26.2. The predicted octanol–water partition coefficient (Wildman–Crippen LogP) is 4.37. The van der Waals surface area contributed by atoms with Gasteiger partial charge < -0.3 is 15.0 Å². The van der Waals surface area contributed by atoms with Crippen LogP contribution in [0.3, 0.4) is 0 Å². The fourth-order valence-corrected chi connectivity index (χ4v) is 5.09. The minimum absolute atomic E-state index is 0.0944. The number of halogens is 3. The molecule has 1 aromatic heterocycles. The SMILES string of the molecule is CO[C@@H](C)[C@]12C[C@@H](C)C[C@H](C1)N2C(=O)Nc1ccc(C(F)(F)F)c(-c2nccnn2)c1. The highest BCUT2D eigenvalue weighted by Crippen LogP contribution is 2.52. The minimum Gasteiger partial charge on any atom is -0.379 e. The number of piperidine rings is 1. The number of fused-ring (bicyclic) bond motifs is 2. The second-order valence-corrected chi connectivity index (χ2v) is 8.41. The quantitative estimate of drug-likeness (QED) is 0.772. The summed E-state index contributed by atoms with van der Waals surface area (Å²) in [5.74, 6) is 0.311. The van der Waals surface area contributed by atoms with Crippen LogP contribution in [-0.4, -0.2) is 50.9 Å². The summed E-state index contributed by atoms with van der Waals surface area (Å²) in [5.41, 5.74) is -1.30. The van der Waals surface area contributed by atoms with Crippen LogP contribution in [0.15, 0.2) is 30.6 Å². The van der Waals surface area contributed by atoms with E-state index in [-0.39, 0.29) is 35.3 Å². The van der Waals surface area contributed by atoms with Crippen LogP contribution in [0.1, 0.15) is 38.7 Å². The summed E-state index contributed by atoms with van der Waals surface area (Å²) in [7, 11) is 1.62. The topological polar surface area (TPSA) is 80.2 Å². The van der Waals surface area contributed by atoms with Gasteiger partial charge in [-0.1, -0.05) is 6.92 Å². The highest BCUT2D eigenvalue weighted by molar-refractivity contribution is 5.92. The van der Waals surface area contributed by atoms with E-state index < -0.39 is 17.3 Å². The summed E-state index contributed by atoms with van der Waals surface area (Å²) in [6.07, 6.45) is 0.390. The van der Waals surface area contributed by atoms with Gasteiger partial charge in [-0.05, 0) is 50.3 Å². The molecule has 166 valence electrons. The van der Waals surface area contributed by atoms with Crippen LogP contribution in [0.5, 0.6) is 0 Å². The third-order valence-electron chi connectivity index (χ3n) is 6.44. The van der Waals surface area contributed by atoms with E-state index in [2.05, 4.69) is 27.4 Å². The Morgan fingerprint density at radius 3 is 2.74 bits per heavy atom. The third kappa shape index (κ3) is 3.73. The zero-order valence-electron chi connectivity index (χ0n) is 17.5. The average molecular weight is 435 g/mol. The van der Waals surface area contributed by atoms with Crippen molar-refractivity contribution in [2.45, 2.75) is 57.0 Å². The fraction of sp³-hybridized carbons (Fsp3) is 0.524. The zero-order valence-corrected chi connectivity index (χ0v) is 17.5. The van der Waals surface area contributed by atoms with Gasteiger partial charge in [-0.25, -0.2) is 9.78 Å². The van der Waals surface area contributed by atoms with Gasteiger partial charge in [0.25, 0.3) is 0 Å². The number of carbonyl (C=O) groups excluding carboxylic acids is 1. The number of anilines is 1. The molecule has 2 fully saturated rings. The minimum atomic E-state index is -4.60. The summed E-state index contributed by atoms with van der Waals surface area (Å²) in [4.78, 5) is 18.9. The van der Waals surface area contributed by atoms with Crippen molar-refractivity contribution in [2.24, 2.45) is 5.92 Å². The molecule has 2 amide bonds. The van der Waals surface area contributed by atoms with E-state index in [1.54, 1.807) is 12.0 Å². The van der Waals surface area contributed by atoms with Crippen LogP contribution in [0, 0.1) is 5.92 Å². The lowest BCUT2D eigenvalue weighted by Gasteiger charge is -2.65. The molecule has 2 aromatic rings. The standard InChI is InChI=1S/C21H24F3N5O2/c1-12-8-15-11-20(10-12,13(2)31-3)29(15)19(30)27-14-4-5-17(21(22,23)24)16(9-14)18-25-6-7-26-28-18/h4-7,9,12-13,15H,8,10-11H2,1-3H3,(H,27,30)/t12-,13-,15+,20-/m0/s1. The average Bonchev–Trinajstić information content (AvgIpc) is 2.72. The molecule has 1 aliphatic carbocycles. The lowest BCUT2D eigenvalue weighted by molar-refractivity contribution is -0.155. The number of hydrogen-bond acceptors (Lipinski definition) is 5. The monoisotopic (exact) mass is 435 g/mol. The number of ether oxygens (including phenoxy) is 1. The Hall–Kier alpha value is -2.75. The van der Waals surface area contributed by atoms with Crippen molar-refractivity contribution in [1.82, 2.24) is 20.1 Å². The molecule has 1 aromatic carbocycles. The number of hydrogen-bond donors (Lipinski definition) is 1. The van der Waals surface area contributed by atoms with Gasteiger partial charge in [0.2, 0.25) is 0 Å². The van der Waals surface area contributed by atoms with E-state index in [9.17, 15) is 18.0 Å². The number of urea groups is 1. The number of nitrogens with one attached hydrogen (secondary N) is 1. The lowest BCUT2D eigenvalue weighted by atomic mass is 9.62. The maximum absolute atomic E-state index is 13.5. The first-order chi connectivity index (χ1) is 14.7. The van der Waals surface area contributed by atoms with Gasteiger partial charge >= 0.3 is 12.2 Å². The van der Waals surface area contributed by atoms with Crippen molar-refractivity contribution in [1.29, 1.82) is 0 Å². The first-order valence-corrected chi connectivity index (χ1v) is 10.1. The van der Waals surface area contributed by atoms with E-state index in [0.717, 1.165) is 25.3 Å². The zero-order chi connectivity index (χ0) is 22.4. The van der Waals surface area contributed by atoms with Crippen molar-refractivity contribution in [3.63, 3.8) is 0 Å². The molecule has 10 heteroatoms. The van der Waals surface area contributed by atoms with Crippen LogP contribution in [-0.2, 0) is 10.9 Å². The van der Waals surface area contributed by atoms with E-state index in [0.29, 0.717) is 5.92 Å². The highest BCUT2D eigenvalue weighted by atomic mass is 19.4. The summed E-state index contributed by atoms with van der Waals surface area (Å²) in [6.45, 7) is 4.11. The van der Waals surface area contributed by atoms with Crippen molar-refractivity contribution in [2.75, 3.05) is 12.4 Å². The molecule has 0 spiro atoms. The molecular formula is C21H24F3N5O2. The van der Waals surface area contributed by atoms with Crippen LogP contribution in [0.25, 0.3) is 11.4 Å². The largest absolute Gasteiger partial charge is 0.417 e. The lowest BCUT2D eigenvalue weighted by Crippen LogP contribution is -2.76. The van der Waals surface area contributed by atoms with Gasteiger partial charge in [0.05, 0.1) is 23.4 Å². The number of aromatic nitrogens is 3. The molecule has 1 N–H and O–H groups in total. The summed E-state index contributed by atoms with van der Waals surface area (Å²) in [6, 6.07) is 3.16. The molecule has 2 aliphatic rings. The molecule has 1 saturated heterocycles. The number of nitrogens with zero attached hydrogens (tertiary/aromatic N) is 4. The number of carbonyl (C=O) groups is 1. The Balaban J connectivity index is 1.63. The number of likely N-dealkylation sites (tertiary alicyclic amines) is 1. The maximum atomic E-state index is 13.5. The van der Waals surface area contributed by atoms with Crippen LogP contribution >= 0.6 is 0 Å². The smallest absolute Gasteiger partial charge is 0.379 e. The molecule has 31 heavy (non-hydrogen) atoms. The first kappa shape index (κ1) is 21.5. The van der Waals surface area contributed by atoms with Crippen LogP contribution in [0.4, 0.5) is 23.7 Å². The van der Waals surface area contributed by atoms with Gasteiger partial charge in [0.15, 0.2) is 5.82 Å². The Morgan fingerprint density at radius 1 is 1.32 bits per heavy atom. The fourth-order valence-electron chi connectivity index (χ4n) is 5.09. The maximum Gasteiger partial charge on any atom is 0.417 e. The first-order valence-electron chi connectivity index (χ1n) is 10.1. The van der Waals surface area contributed by atoms with Gasteiger partial charge in [0.1, 0.15) is 0 Å². The van der Waals surface area contributed by atoms with E-state index in [1.807, 2.05) is 6.92 Å². The number of methoxy groups -OCH3 is 1. The number of alkyl halides is 3. The molecule has 0 unspecified atom stereocenters.